The summed E-state index contributed by atoms with van der Waals surface area (Å²) < 4.78 is 37.5. The Bertz CT molecular complexity index is 3540. The van der Waals surface area contributed by atoms with Gasteiger partial charge in [0.2, 0.25) is 0 Å². The molecule has 8 aromatic carbocycles. The van der Waals surface area contributed by atoms with E-state index >= 15 is 0 Å². The summed E-state index contributed by atoms with van der Waals surface area (Å²) in [5.74, 6) is -0.219. The number of imidazole rings is 1. The van der Waals surface area contributed by atoms with Crippen LogP contribution in [0.5, 0.6) is 5.75 Å². The number of benzene rings is 8. The van der Waals surface area contributed by atoms with Crippen molar-refractivity contribution in [1.29, 1.82) is 0 Å². The van der Waals surface area contributed by atoms with Gasteiger partial charge in [-0.05, 0) is 105 Å². The van der Waals surface area contributed by atoms with Crippen molar-refractivity contribution in [3.63, 3.8) is 0 Å². The normalized spacial score (nSPS) is 12.7. The zero-order valence-corrected chi connectivity index (χ0v) is 40.4. The molecule has 0 saturated heterocycles. The zero-order chi connectivity index (χ0) is 49.0. The molecule has 0 amide bonds. The number of fused-ring (bicyclic) bond motifs is 1. The van der Waals surface area contributed by atoms with Gasteiger partial charge in [0.1, 0.15) is 11.6 Å². The first-order valence-electron chi connectivity index (χ1n) is 24.4. The molecule has 67 heavy (non-hydrogen) atoms. The molecule has 10 rings (SSSR count). The third kappa shape index (κ3) is 8.95. The van der Waals surface area contributed by atoms with Crippen molar-refractivity contribution in [2.75, 3.05) is 0 Å². The van der Waals surface area contributed by atoms with Crippen LogP contribution in [0.2, 0.25) is 0 Å². The minimum Gasteiger partial charge on any atom is -0.507 e. The standard InChI is InChI=1S/C62H52N3O.Pt/c1-40(2)42-24-26-44(27-25-42)47-32-33-63-56(38-47)50-36-48(43-16-9-7-10-17-43)35-49(37-50)52-21-15-22-57-60(52)64-61(53-20-13-14-23-59(53)66)65(57)58-34-41(3)54(39-55(58)45-18-11-8-12-19-45)46-28-30-51(31-29-46)62(4,5)6;/h7-36,38-40,66H,1-6H3;/q-1;/i3D3,40D;. The van der Waals surface area contributed by atoms with Crippen LogP contribution in [-0.2, 0) is 26.5 Å². The monoisotopic (exact) mass is 1050 g/mol. The van der Waals surface area contributed by atoms with E-state index in [2.05, 4.69) is 81.4 Å². The minimum atomic E-state index is -2.49. The predicted molar refractivity (Wildman–Crippen MR) is 275 cm³/mol. The van der Waals surface area contributed by atoms with Crippen molar-refractivity contribution < 1.29 is 31.7 Å². The largest absolute Gasteiger partial charge is 0.507 e. The molecule has 0 spiro atoms. The molecule has 0 fully saturated rings. The van der Waals surface area contributed by atoms with Crippen LogP contribution >= 0.6 is 0 Å². The average molecular weight is 1050 g/mol. The molecule has 0 radical (unpaired) electrons. The quantitative estimate of drug-likeness (QED) is 0.147. The number of hydrogen-bond donors (Lipinski definition) is 1. The van der Waals surface area contributed by atoms with Gasteiger partial charge in [0, 0.05) is 44.0 Å². The SMILES string of the molecule is [2H]C([2H])([2H])c1cc(-n2c(-c3ccccc3O)nc3c(-c4[c-]c(-c5cc(-c6ccc(C([2H])(C)C)cc6)ccn5)cc(-c5ccccc5)c4)cccc32)c(-c2ccccc2)cc1-c1ccc(C(C)(C)C)cc1.[Pt]. The molecule has 1 N–H and O–H groups in total. The van der Waals surface area contributed by atoms with E-state index in [0.29, 0.717) is 33.7 Å². The fraction of sp³-hybridized carbons (Fsp3) is 0.129. The Labute approximate surface area is 414 Å². The molecule has 0 saturated carbocycles. The summed E-state index contributed by atoms with van der Waals surface area (Å²) >= 11 is 0. The topological polar surface area (TPSA) is 50.9 Å². The van der Waals surface area contributed by atoms with Gasteiger partial charge in [-0.3, -0.25) is 9.55 Å². The van der Waals surface area contributed by atoms with Crippen molar-refractivity contribution in [3.8, 4) is 89.7 Å². The van der Waals surface area contributed by atoms with Crippen molar-refractivity contribution in [2.24, 2.45) is 0 Å². The van der Waals surface area contributed by atoms with Gasteiger partial charge >= 0.3 is 0 Å². The van der Waals surface area contributed by atoms with E-state index < -0.39 is 12.7 Å². The Balaban J connectivity index is 0.00000624. The van der Waals surface area contributed by atoms with Crippen LogP contribution < -0.4 is 0 Å². The molecule has 2 aromatic heterocycles. The second-order valence-corrected chi connectivity index (χ2v) is 18.1. The summed E-state index contributed by atoms with van der Waals surface area (Å²) in [6.45, 7) is 7.78. The van der Waals surface area contributed by atoms with Gasteiger partial charge in [0.15, 0.2) is 0 Å². The average Bonchev–Trinajstić information content (AvgIpc) is 3.75. The molecule has 10 aromatic rings. The Kier molecular flexibility index (Phi) is 11.2. The van der Waals surface area contributed by atoms with Crippen LogP contribution in [0.3, 0.4) is 0 Å². The van der Waals surface area contributed by atoms with Crippen molar-refractivity contribution in [3.05, 3.63) is 217 Å². The van der Waals surface area contributed by atoms with Gasteiger partial charge in [-0.25, -0.2) is 4.98 Å². The van der Waals surface area contributed by atoms with Gasteiger partial charge in [0.25, 0.3) is 0 Å². The summed E-state index contributed by atoms with van der Waals surface area (Å²) in [6.07, 6.45) is 1.82. The summed E-state index contributed by atoms with van der Waals surface area (Å²) in [5.41, 5.74) is 14.9. The zero-order valence-electron chi connectivity index (χ0n) is 42.1. The van der Waals surface area contributed by atoms with E-state index in [9.17, 15) is 5.11 Å². The van der Waals surface area contributed by atoms with Gasteiger partial charge < -0.3 is 5.11 Å². The van der Waals surface area contributed by atoms with Crippen LogP contribution in [0.25, 0.3) is 95.0 Å². The van der Waals surface area contributed by atoms with Crippen molar-refractivity contribution >= 4 is 11.0 Å². The first-order valence-corrected chi connectivity index (χ1v) is 22.4. The molecule has 0 aliphatic rings. The number of aromatic hydroxyl groups is 1. The van der Waals surface area contributed by atoms with E-state index in [0.717, 1.165) is 72.5 Å². The molecule has 4 nitrogen and oxygen atoms in total. The number of nitrogens with zero attached hydrogens (tertiary/aromatic N) is 3. The van der Waals surface area contributed by atoms with E-state index in [-0.39, 0.29) is 37.8 Å². The maximum atomic E-state index is 11.6. The van der Waals surface area contributed by atoms with Crippen molar-refractivity contribution in [1.82, 2.24) is 14.5 Å². The Morgan fingerprint density at radius 3 is 1.90 bits per heavy atom. The fourth-order valence-corrected chi connectivity index (χ4v) is 8.82. The molecule has 0 atom stereocenters. The van der Waals surface area contributed by atoms with Crippen LogP contribution in [0, 0.1) is 12.9 Å². The fourth-order valence-electron chi connectivity index (χ4n) is 8.82. The van der Waals surface area contributed by atoms with Gasteiger partial charge in [-0.15, -0.1) is 23.8 Å². The van der Waals surface area contributed by atoms with E-state index in [4.69, 9.17) is 15.5 Å². The maximum absolute atomic E-state index is 11.6. The number of phenols is 1. The number of rotatable bonds is 9. The second-order valence-electron chi connectivity index (χ2n) is 18.1. The number of hydrogen-bond acceptors (Lipinski definition) is 3. The number of para-hydroxylation sites is 2. The molecule has 0 aliphatic carbocycles. The molecule has 332 valence electrons. The second kappa shape index (κ2) is 18.6. The molecule has 0 bridgehead atoms. The molecule has 0 aliphatic heterocycles. The maximum Gasteiger partial charge on any atom is 0.148 e. The van der Waals surface area contributed by atoms with Crippen LogP contribution in [0.4, 0.5) is 0 Å². The summed E-state index contributed by atoms with van der Waals surface area (Å²) in [5, 5.41) is 11.6. The molecular weight excluding hydrogens is 998 g/mol. The third-order valence-corrected chi connectivity index (χ3v) is 12.5. The van der Waals surface area contributed by atoms with Crippen LogP contribution in [0.1, 0.15) is 62.7 Å². The molecule has 5 heteroatoms. The Morgan fingerprint density at radius 1 is 0.582 bits per heavy atom. The number of pyridine rings is 1. The Hall–Kier alpha value is -7.13. The van der Waals surface area contributed by atoms with Crippen LogP contribution in [-0.4, -0.2) is 19.6 Å². The number of aryl methyl sites for hydroxylation is 1. The summed E-state index contributed by atoms with van der Waals surface area (Å²) in [6, 6.07) is 65.6. The minimum absolute atomic E-state index is 0. The number of phenolic OH excluding ortho intramolecular Hbond substituents is 1. The van der Waals surface area contributed by atoms with E-state index in [1.165, 1.54) is 0 Å². The predicted octanol–water partition coefficient (Wildman–Crippen LogP) is 16.3. The Morgan fingerprint density at radius 2 is 1.21 bits per heavy atom. The number of aromatic nitrogens is 3. The molecular formula is C62H52N3OPt-. The molecule has 2 heterocycles. The van der Waals surface area contributed by atoms with Gasteiger partial charge in [0.05, 0.1) is 22.3 Å². The third-order valence-electron chi connectivity index (χ3n) is 12.5. The molecule has 0 unspecified atom stereocenters. The first-order chi connectivity index (χ1) is 33.5. The van der Waals surface area contributed by atoms with Gasteiger partial charge in [-0.1, -0.05) is 191 Å². The van der Waals surface area contributed by atoms with Crippen LogP contribution in [0.15, 0.2) is 194 Å². The van der Waals surface area contributed by atoms with E-state index in [1.807, 2.05) is 140 Å². The smallest absolute Gasteiger partial charge is 0.148 e. The first kappa shape index (κ1) is 40.2. The van der Waals surface area contributed by atoms with Crippen molar-refractivity contribution in [2.45, 2.75) is 52.8 Å². The summed E-state index contributed by atoms with van der Waals surface area (Å²) in [7, 11) is 0. The van der Waals surface area contributed by atoms with Gasteiger partial charge in [-0.2, -0.15) is 0 Å². The summed E-state index contributed by atoms with van der Waals surface area (Å²) in [4.78, 5) is 10.3. The van der Waals surface area contributed by atoms with E-state index in [1.54, 1.807) is 18.2 Å².